The van der Waals surface area contributed by atoms with Crippen LogP contribution in [0.25, 0.3) is 27.1 Å². The molecule has 5 aromatic rings. The van der Waals surface area contributed by atoms with E-state index >= 15 is 0 Å². The average Bonchev–Trinajstić information content (AvgIpc) is 3.42. The third-order valence-electron chi connectivity index (χ3n) is 4.55. The quantitative estimate of drug-likeness (QED) is 0.356. The summed E-state index contributed by atoms with van der Waals surface area (Å²) in [4.78, 5) is 33.6. The Morgan fingerprint density at radius 3 is 2.89 bits per heavy atom. The highest BCUT2D eigenvalue weighted by Crippen LogP contribution is 2.24. The first-order valence-corrected chi connectivity index (χ1v) is 9.51. The van der Waals surface area contributed by atoms with Crippen LogP contribution in [0.5, 0.6) is 0 Å². The third kappa shape index (κ3) is 2.78. The number of aromatic amines is 1. The summed E-state index contributed by atoms with van der Waals surface area (Å²) in [6, 6.07) is 14.7. The first-order valence-electron chi connectivity index (χ1n) is 8.63. The van der Waals surface area contributed by atoms with Crippen LogP contribution in [0.2, 0.25) is 0 Å². The van der Waals surface area contributed by atoms with Crippen LogP contribution in [0.15, 0.2) is 72.5 Å². The summed E-state index contributed by atoms with van der Waals surface area (Å²) in [5.74, 6) is -1.25. The zero-order valence-corrected chi connectivity index (χ0v) is 15.4. The zero-order chi connectivity index (χ0) is 19.1. The van der Waals surface area contributed by atoms with Crippen LogP contribution in [0.3, 0.4) is 0 Å². The van der Waals surface area contributed by atoms with Gasteiger partial charge in [-0.2, -0.15) is 0 Å². The number of ketones is 1. The van der Waals surface area contributed by atoms with E-state index in [0.29, 0.717) is 11.3 Å². The van der Waals surface area contributed by atoms with Crippen LogP contribution in [0.4, 0.5) is 5.69 Å². The molecule has 28 heavy (non-hydrogen) atoms. The number of rotatable bonds is 4. The highest BCUT2D eigenvalue weighted by Gasteiger charge is 2.20. The van der Waals surface area contributed by atoms with Crippen molar-refractivity contribution in [3.63, 3.8) is 0 Å². The van der Waals surface area contributed by atoms with Gasteiger partial charge in [0.1, 0.15) is 0 Å². The number of anilines is 1. The minimum absolute atomic E-state index is 0.360. The summed E-state index contributed by atoms with van der Waals surface area (Å²) in [5, 5.41) is 5.40. The first-order chi connectivity index (χ1) is 13.7. The summed E-state index contributed by atoms with van der Waals surface area (Å²) >= 11 is 1.56. The number of H-pyrrole nitrogens is 1. The summed E-state index contributed by atoms with van der Waals surface area (Å²) < 4.78 is 1.95. The summed E-state index contributed by atoms with van der Waals surface area (Å²) in [6.07, 6.45) is 5.45. The second kappa shape index (κ2) is 6.47. The molecule has 6 nitrogen and oxygen atoms in total. The number of amides is 1. The number of imidazole rings is 1. The van der Waals surface area contributed by atoms with Crippen LogP contribution in [-0.4, -0.2) is 26.1 Å². The number of hydrogen-bond acceptors (Lipinski definition) is 4. The monoisotopic (exact) mass is 386 g/mol. The molecule has 0 aliphatic heterocycles. The van der Waals surface area contributed by atoms with E-state index < -0.39 is 11.7 Å². The Morgan fingerprint density at radius 2 is 2.00 bits per heavy atom. The van der Waals surface area contributed by atoms with Gasteiger partial charge in [0, 0.05) is 46.1 Å². The van der Waals surface area contributed by atoms with E-state index in [1.807, 2.05) is 64.6 Å². The SMILES string of the molecule is O=C(Nc1cccc(-c2cn3ccsc3n2)c1)C(=O)c1c[nH]c2ccccc12. The predicted molar refractivity (Wildman–Crippen MR) is 110 cm³/mol. The van der Waals surface area contributed by atoms with Crippen molar-refractivity contribution in [1.29, 1.82) is 0 Å². The van der Waals surface area contributed by atoms with Crippen LogP contribution in [0.1, 0.15) is 10.4 Å². The number of thiazole rings is 1. The largest absolute Gasteiger partial charge is 0.360 e. The fourth-order valence-corrected chi connectivity index (χ4v) is 3.89. The Bertz CT molecular complexity index is 1320. The summed E-state index contributed by atoms with van der Waals surface area (Å²) in [6.45, 7) is 0. The molecule has 2 aromatic carbocycles. The number of nitrogens with one attached hydrogen (secondary N) is 2. The molecular formula is C21H14N4O2S. The van der Waals surface area contributed by atoms with Gasteiger partial charge in [-0.05, 0) is 18.2 Å². The molecule has 3 aromatic heterocycles. The number of benzene rings is 2. The molecule has 3 heterocycles. The number of fused-ring (bicyclic) bond motifs is 2. The van der Waals surface area contributed by atoms with Crippen molar-refractivity contribution in [2.24, 2.45) is 0 Å². The maximum absolute atomic E-state index is 12.6. The number of carbonyl (C=O) groups excluding carboxylic acids is 2. The number of para-hydroxylation sites is 1. The topological polar surface area (TPSA) is 79.3 Å². The zero-order valence-electron chi connectivity index (χ0n) is 14.5. The first kappa shape index (κ1) is 16.5. The van der Waals surface area contributed by atoms with E-state index in [2.05, 4.69) is 15.3 Å². The van der Waals surface area contributed by atoms with Gasteiger partial charge >= 0.3 is 0 Å². The fraction of sp³-hybridized carbons (Fsp3) is 0. The predicted octanol–water partition coefficient (Wildman–Crippen LogP) is 4.37. The maximum Gasteiger partial charge on any atom is 0.296 e. The van der Waals surface area contributed by atoms with Crippen LogP contribution in [-0.2, 0) is 4.79 Å². The van der Waals surface area contributed by atoms with Gasteiger partial charge in [0.15, 0.2) is 4.96 Å². The summed E-state index contributed by atoms with van der Waals surface area (Å²) in [5.41, 5.74) is 3.41. The Hall–Kier alpha value is -3.71. The minimum atomic E-state index is -0.673. The van der Waals surface area contributed by atoms with Crippen LogP contribution < -0.4 is 5.32 Å². The molecule has 0 saturated heterocycles. The highest BCUT2D eigenvalue weighted by molar-refractivity contribution is 7.15. The Morgan fingerprint density at radius 1 is 1.11 bits per heavy atom. The molecular weight excluding hydrogens is 372 g/mol. The molecule has 1 amide bonds. The molecule has 136 valence electrons. The van der Waals surface area contributed by atoms with Gasteiger partial charge in [-0.15, -0.1) is 11.3 Å². The number of nitrogens with zero attached hydrogens (tertiary/aromatic N) is 2. The van der Waals surface area contributed by atoms with Gasteiger partial charge in [0.2, 0.25) is 0 Å². The lowest BCUT2D eigenvalue weighted by molar-refractivity contribution is -0.112. The molecule has 0 fully saturated rings. The van der Waals surface area contributed by atoms with Gasteiger partial charge < -0.3 is 10.3 Å². The molecule has 0 bridgehead atoms. The third-order valence-corrected chi connectivity index (χ3v) is 5.32. The lowest BCUT2D eigenvalue weighted by atomic mass is 10.1. The van der Waals surface area contributed by atoms with E-state index in [4.69, 9.17) is 0 Å². The van der Waals surface area contributed by atoms with Crippen molar-refractivity contribution in [2.75, 3.05) is 5.32 Å². The molecule has 0 unspecified atom stereocenters. The second-order valence-corrected chi connectivity index (χ2v) is 7.20. The van der Waals surface area contributed by atoms with Gasteiger partial charge in [0.05, 0.1) is 11.3 Å². The Labute approximate surface area is 163 Å². The van der Waals surface area contributed by atoms with Gasteiger partial charge in [-0.3, -0.25) is 14.0 Å². The smallest absolute Gasteiger partial charge is 0.296 e. The molecule has 0 aliphatic carbocycles. The normalized spacial score (nSPS) is 11.1. The van der Waals surface area contributed by atoms with Gasteiger partial charge in [-0.1, -0.05) is 30.3 Å². The van der Waals surface area contributed by atoms with Crippen molar-refractivity contribution in [3.05, 3.63) is 78.1 Å². The van der Waals surface area contributed by atoms with E-state index in [0.717, 1.165) is 27.1 Å². The molecule has 7 heteroatoms. The molecule has 0 radical (unpaired) electrons. The van der Waals surface area contributed by atoms with Crippen molar-refractivity contribution >= 4 is 44.6 Å². The van der Waals surface area contributed by atoms with Gasteiger partial charge in [0.25, 0.3) is 11.7 Å². The number of hydrogen-bond donors (Lipinski definition) is 2. The molecule has 0 saturated carbocycles. The number of carbonyl (C=O) groups is 2. The lowest BCUT2D eigenvalue weighted by Gasteiger charge is -2.06. The number of aromatic nitrogens is 3. The van der Waals surface area contributed by atoms with E-state index in [1.54, 1.807) is 23.6 Å². The van der Waals surface area contributed by atoms with E-state index in [1.165, 1.54) is 0 Å². The van der Waals surface area contributed by atoms with Crippen molar-refractivity contribution < 1.29 is 9.59 Å². The molecule has 0 aliphatic rings. The van der Waals surface area contributed by atoms with Gasteiger partial charge in [-0.25, -0.2) is 4.98 Å². The van der Waals surface area contributed by atoms with E-state index in [-0.39, 0.29) is 0 Å². The average molecular weight is 386 g/mol. The van der Waals surface area contributed by atoms with Crippen molar-refractivity contribution in [2.45, 2.75) is 0 Å². The molecule has 0 spiro atoms. The standard InChI is InChI=1S/C21H14N4O2S/c26-19(16-11-22-17-7-2-1-6-15(16)17)20(27)23-14-5-3-4-13(10-14)18-12-25-8-9-28-21(25)24-18/h1-12,22H,(H,23,27). The Balaban J connectivity index is 1.40. The van der Waals surface area contributed by atoms with Crippen LogP contribution in [0, 0.1) is 0 Å². The van der Waals surface area contributed by atoms with Crippen molar-refractivity contribution in [1.82, 2.24) is 14.4 Å². The minimum Gasteiger partial charge on any atom is -0.360 e. The van der Waals surface area contributed by atoms with E-state index in [9.17, 15) is 9.59 Å². The second-order valence-electron chi connectivity index (χ2n) is 6.33. The van der Waals surface area contributed by atoms with Crippen LogP contribution >= 0.6 is 11.3 Å². The molecule has 2 N–H and O–H groups in total. The Kier molecular flexibility index (Phi) is 3.80. The fourth-order valence-electron chi connectivity index (χ4n) is 3.19. The van der Waals surface area contributed by atoms with Crippen molar-refractivity contribution in [3.8, 4) is 11.3 Å². The summed E-state index contributed by atoms with van der Waals surface area (Å²) in [7, 11) is 0. The molecule has 5 rings (SSSR count). The highest BCUT2D eigenvalue weighted by atomic mass is 32.1. The maximum atomic E-state index is 12.6. The number of Topliss-reactive ketones (excluding diaryl/α,β-unsaturated/α-hetero) is 1. The lowest BCUT2D eigenvalue weighted by Crippen LogP contribution is -2.22. The molecule has 0 atom stereocenters.